The van der Waals surface area contributed by atoms with Crippen LogP contribution in [0.4, 0.5) is 0 Å². The van der Waals surface area contributed by atoms with Gasteiger partial charge in [0.25, 0.3) is 0 Å². The summed E-state index contributed by atoms with van der Waals surface area (Å²) in [4.78, 5) is 0. The average Bonchev–Trinajstić information content (AvgIpc) is 2.06. The van der Waals surface area contributed by atoms with Gasteiger partial charge in [-0.15, -0.1) is 12.4 Å². The van der Waals surface area contributed by atoms with Crippen molar-refractivity contribution in [2.75, 3.05) is 6.54 Å². The van der Waals surface area contributed by atoms with Gasteiger partial charge in [0.15, 0.2) is 0 Å². The SMILES string of the molecule is C[Si](C)(C)Cc1ccc(CCN)cc1.Cl. The fourth-order valence-corrected chi connectivity index (χ4v) is 3.06. The topological polar surface area (TPSA) is 26.0 Å². The maximum atomic E-state index is 5.51. The first-order valence-corrected chi connectivity index (χ1v) is 9.00. The van der Waals surface area contributed by atoms with Crippen LogP contribution in [0.25, 0.3) is 0 Å². The molecule has 3 heteroatoms. The van der Waals surface area contributed by atoms with Gasteiger partial charge in [-0.2, -0.15) is 0 Å². The van der Waals surface area contributed by atoms with Crippen molar-refractivity contribution in [1.29, 1.82) is 0 Å². The van der Waals surface area contributed by atoms with Crippen LogP contribution < -0.4 is 5.73 Å². The summed E-state index contributed by atoms with van der Waals surface area (Å²) in [6, 6.07) is 10.2. The molecule has 0 bridgehead atoms. The lowest BCUT2D eigenvalue weighted by Gasteiger charge is -2.15. The van der Waals surface area contributed by atoms with Gasteiger partial charge in [0.2, 0.25) is 0 Å². The fourth-order valence-electron chi connectivity index (χ4n) is 1.60. The van der Waals surface area contributed by atoms with E-state index < -0.39 is 8.07 Å². The summed E-state index contributed by atoms with van der Waals surface area (Å²) in [7, 11) is -0.959. The standard InChI is InChI=1S/C12H21NSi.ClH/c1-14(2,3)10-12-6-4-11(5-7-12)8-9-13;/h4-7H,8-10,13H2,1-3H3;1H. The zero-order valence-corrected chi connectivity index (χ0v) is 11.7. The molecule has 0 atom stereocenters. The molecule has 86 valence electrons. The molecule has 0 aliphatic rings. The first kappa shape index (κ1) is 14.7. The lowest BCUT2D eigenvalue weighted by molar-refractivity contribution is 0.967. The maximum Gasteiger partial charge on any atom is 0.0487 e. The minimum atomic E-state index is -0.959. The molecule has 0 unspecified atom stereocenters. The molecule has 0 spiro atoms. The molecule has 15 heavy (non-hydrogen) atoms. The fraction of sp³-hybridized carbons (Fsp3) is 0.500. The molecule has 0 aliphatic carbocycles. The van der Waals surface area contributed by atoms with Gasteiger partial charge in [-0.25, -0.2) is 0 Å². The van der Waals surface area contributed by atoms with E-state index in [2.05, 4.69) is 43.9 Å². The van der Waals surface area contributed by atoms with Gasteiger partial charge in [-0.3, -0.25) is 0 Å². The number of nitrogens with two attached hydrogens (primary N) is 1. The van der Waals surface area contributed by atoms with Crippen molar-refractivity contribution in [2.24, 2.45) is 5.73 Å². The van der Waals surface area contributed by atoms with Crippen LogP contribution in [0, 0.1) is 0 Å². The molecule has 1 nitrogen and oxygen atoms in total. The minimum absolute atomic E-state index is 0. The normalized spacial score (nSPS) is 10.9. The third-order valence-corrected chi connectivity index (χ3v) is 3.66. The van der Waals surface area contributed by atoms with E-state index in [0.29, 0.717) is 0 Å². The molecule has 1 aromatic rings. The van der Waals surface area contributed by atoms with Crippen molar-refractivity contribution < 1.29 is 0 Å². The number of halogens is 1. The number of benzene rings is 1. The first-order chi connectivity index (χ1) is 6.51. The summed E-state index contributed by atoms with van der Waals surface area (Å²) in [6.07, 6.45) is 0.993. The van der Waals surface area contributed by atoms with Crippen LogP contribution >= 0.6 is 12.4 Å². The molecule has 0 amide bonds. The Labute approximate surface area is 100 Å². The zero-order chi connectivity index (χ0) is 10.6. The molecule has 0 radical (unpaired) electrons. The molecule has 0 saturated heterocycles. The number of hydrogen-bond acceptors (Lipinski definition) is 1. The van der Waals surface area contributed by atoms with Gasteiger partial charge in [0.05, 0.1) is 0 Å². The highest BCUT2D eigenvalue weighted by molar-refractivity contribution is 6.75. The van der Waals surface area contributed by atoms with Crippen LogP contribution in [0.5, 0.6) is 0 Å². The van der Waals surface area contributed by atoms with Gasteiger partial charge < -0.3 is 5.73 Å². The summed E-state index contributed by atoms with van der Waals surface area (Å²) < 4.78 is 0. The molecule has 0 saturated carbocycles. The van der Waals surface area contributed by atoms with Crippen molar-refractivity contribution in [3.05, 3.63) is 35.4 Å². The van der Waals surface area contributed by atoms with Crippen LogP contribution in [0.15, 0.2) is 24.3 Å². The van der Waals surface area contributed by atoms with E-state index in [1.807, 2.05) is 0 Å². The predicted octanol–water partition coefficient (Wildman–Crippen LogP) is 3.03. The molecule has 0 aromatic heterocycles. The Bertz CT molecular complexity index is 277. The second kappa shape index (κ2) is 6.31. The van der Waals surface area contributed by atoms with Gasteiger partial charge in [-0.05, 0) is 24.6 Å². The summed E-state index contributed by atoms with van der Waals surface area (Å²) in [6.45, 7) is 7.95. The Morgan fingerprint density at radius 3 is 1.87 bits per heavy atom. The van der Waals surface area contributed by atoms with Crippen molar-refractivity contribution in [2.45, 2.75) is 32.1 Å². The van der Waals surface area contributed by atoms with Crippen LogP contribution in [-0.2, 0) is 12.5 Å². The van der Waals surface area contributed by atoms with E-state index in [4.69, 9.17) is 5.73 Å². The minimum Gasteiger partial charge on any atom is -0.330 e. The Morgan fingerprint density at radius 1 is 1.00 bits per heavy atom. The largest absolute Gasteiger partial charge is 0.330 e. The smallest absolute Gasteiger partial charge is 0.0487 e. The molecular formula is C12H22ClNSi. The van der Waals surface area contributed by atoms with Gasteiger partial charge in [-0.1, -0.05) is 49.5 Å². The number of rotatable bonds is 4. The van der Waals surface area contributed by atoms with Gasteiger partial charge in [0.1, 0.15) is 0 Å². The molecule has 1 rings (SSSR count). The van der Waals surface area contributed by atoms with Crippen molar-refractivity contribution in [3.8, 4) is 0 Å². The van der Waals surface area contributed by atoms with Crippen LogP contribution in [0.3, 0.4) is 0 Å². The van der Waals surface area contributed by atoms with Gasteiger partial charge in [0, 0.05) is 8.07 Å². The number of hydrogen-bond donors (Lipinski definition) is 1. The van der Waals surface area contributed by atoms with E-state index in [1.54, 1.807) is 0 Å². The Balaban J connectivity index is 0.00000196. The van der Waals surface area contributed by atoms with Crippen molar-refractivity contribution in [3.63, 3.8) is 0 Å². The lowest BCUT2D eigenvalue weighted by atomic mass is 10.1. The Morgan fingerprint density at radius 2 is 1.47 bits per heavy atom. The monoisotopic (exact) mass is 243 g/mol. The molecular weight excluding hydrogens is 222 g/mol. The van der Waals surface area contributed by atoms with E-state index in [-0.39, 0.29) is 12.4 Å². The van der Waals surface area contributed by atoms with Gasteiger partial charge >= 0.3 is 0 Å². The lowest BCUT2D eigenvalue weighted by Crippen LogP contribution is -2.23. The summed E-state index contributed by atoms with van der Waals surface area (Å²) in [5.41, 5.74) is 8.34. The average molecular weight is 244 g/mol. The van der Waals surface area contributed by atoms with E-state index >= 15 is 0 Å². The first-order valence-electron chi connectivity index (χ1n) is 5.29. The third kappa shape index (κ3) is 5.98. The van der Waals surface area contributed by atoms with Crippen molar-refractivity contribution >= 4 is 20.5 Å². The highest BCUT2D eigenvalue weighted by Gasteiger charge is 2.13. The zero-order valence-electron chi connectivity index (χ0n) is 9.92. The van der Waals surface area contributed by atoms with Crippen LogP contribution in [0.2, 0.25) is 19.6 Å². The van der Waals surface area contributed by atoms with E-state index in [0.717, 1.165) is 13.0 Å². The summed E-state index contributed by atoms with van der Waals surface area (Å²) in [5.74, 6) is 0. The second-order valence-electron chi connectivity index (χ2n) is 5.09. The summed E-state index contributed by atoms with van der Waals surface area (Å²) in [5, 5.41) is 0. The molecule has 2 N–H and O–H groups in total. The molecule has 0 heterocycles. The highest BCUT2D eigenvalue weighted by atomic mass is 35.5. The molecule has 0 fully saturated rings. The highest BCUT2D eigenvalue weighted by Crippen LogP contribution is 2.12. The molecule has 1 aromatic carbocycles. The van der Waals surface area contributed by atoms with Crippen LogP contribution in [0.1, 0.15) is 11.1 Å². The Kier molecular flexibility index (Phi) is 6.18. The quantitative estimate of drug-likeness (QED) is 0.809. The van der Waals surface area contributed by atoms with E-state index in [1.165, 1.54) is 17.2 Å². The predicted molar refractivity (Wildman–Crippen MR) is 73.5 cm³/mol. The Hall–Kier alpha value is -0.313. The molecule has 0 aliphatic heterocycles. The summed E-state index contributed by atoms with van der Waals surface area (Å²) >= 11 is 0. The van der Waals surface area contributed by atoms with Crippen LogP contribution in [-0.4, -0.2) is 14.6 Å². The van der Waals surface area contributed by atoms with E-state index in [9.17, 15) is 0 Å². The second-order valence-corrected chi connectivity index (χ2v) is 10.6. The third-order valence-electron chi connectivity index (χ3n) is 2.19. The maximum absolute atomic E-state index is 5.51. The van der Waals surface area contributed by atoms with Crippen molar-refractivity contribution in [1.82, 2.24) is 0 Å².